The van der Waals surface area contributed by atoms with E-state index in [-0.39, 0.29) is 17.9 Å². The molecule has 1 N–H and O–H groups in total. The summed E-state index contributed by atoms with van der Waals surface area (Å²) in [6, 6.07) is 0.278. The molecule has 21 heavy (non-hydrogen) atoms. The second-order valence-corrected chi connectivity index (χ2v) is 7.61. The molecule has 1 unspecified atom stereocenters. The molecule has 0 radical (unpaired) electrons. The number of carbonyl (C=O) groups is 1. The van der Waals surface area contributed by atoms with Gasteiger partial charge in [0.05, 0.1) is 0 Å². The Morgan fingerprint density at radius 3 is 2.71 bits per heavy atom. The van der Waals surface area contributed by atoms with Crippen molar-refractivity contribution in [2.75, 3.05) is 18.0 Å². The van der Waals surface area contributed by atoms with Gasteiger partial charge in [-0.05, 0) is 38.5 Å². The Labute approximate surface area is 129 Å². The van der Waals surface area contributed by atoms with Crippen molar-refractivity contribution in [1.82, 2.24) is 15.5 Å². The SMILES string of the molecule is O=C(NC1CCCN(c2nnc(C3CC3)s2)C1)C1CCC1. The van der Waals surface area contributed by atoms with Crippen molar-refractivity contribution in [3.63, 3.8) is 0 Å². The van der Waals surface area contributed by atoms with Crippen molar-refractivity contribution in [1.29, 1.82) is 0 Å². The molecule has 1 aliphatic heterocycles. The van der Waals surface area contributed by atoms with E-state index in [4.69, 9.17) is 0 Å². The Balaban J connectivity index is 1.36. The number of nitrogens with zero attached hydrogens (tertiary/aromatic N) is 3. The highest BCUT2D eigenvalue weighted by Crippen LogP contribution is 2.42. The molecule has 1 atom stereocenters. The number of anilines is 1. The van der Waals surface area contributed by atoms with Crippen LogP contribution in [-0.2, 0) is 4.79 Å². The van der Waals surface area contributed by atoms with Crippen LogP contribution in [0.2, 0.25) is 0 Å². The van der Waals surface area contributed by atoms with E-state index < -0.39 is 0 Å². The first-order valence-corrected chi connectivity index (χ1v) is 9.00. The van der Waals surface area contributed by atoms with Crippen LogP contribution in [0.15, 0.2) is 0 Å². The minimum atomic E-state index is 0.268. The number of carbonyl (C=O) groups excluding carboxylic acids is 1. The van der Waals surface area contributed by atoms with Crippen LogP contribution in [0.1, 0.15) is 55.9 Å². The molecule has 2 aliphatic carbocycles. The third-order valence-electron chi connectivity index (χ3n) is 4.87. The van der Waals surface area contributed by atoms with Crippen molar-refractivity contribution in [2.45, 2.75) is 56.9 Å². The summed E-state index contributed by atoms with van der Waals surface area (Å²) in [6.45, 7) is 1.92. The highest BCUT2D eigenvalue weighted by molar-refractivity contribution is 7.15. The van der Waals surface area contributed by atoms with E-state index in [1.807, 2.05) is 0 Å². The van der Waals surface area contributed by atoms with E-state index in [2.05, 4.69) is 20.4 Å². The van der Waals surface area contributed by atoms with Gasteiger partial charge in [0.2, 0.25) is 11.0 Å². The Morgan fingerprint density at radius 1 is 1.14 bits per heavy atom. The van der Waals surface area contributed by atoms with Crippen LogP contribution < -0.4 is 10.2 Å². The van der Waals surface area contributed by atoms with Gasteiger partial charge in [0.15, 0.2) is 0 Å². The van der Waals surface area contributed by atoms with Gasteiger partial charge in [-0.15, -0.1) is 10.2 Å². The van der Waals surface area contributed by atoms with Gasteiger partial charge < -0.3 is 10.2 Å². The molecule has 2 saturated carbocycles. The minimum Gasteiger partial charge on any atom is -0.351 e. The van der Waals surface area contributed by atoms with Crippen molar-refractivity contribution >= 4 is 22.4 Å². The van der Waals surface area contributed by atoms with Crippen molar-refractivity contribution in [3.8, 4) is 0 Å². The van der Waals surface area contributed by atoms with Crippen molar-refractivity contribution in [3.05, 3.63) is 5.01 Å². The van der Waals surface area contributed by atoms with E-state index in [0.717, 1.165) is 43.9 Å². The lowest BCUT2D eigenvalue weighted by Gasteiger charge is -2.34. The van der Waals surface area contributed by atoms with Gasteiger partial charge in [-0.2, -0.15) is 0 Å². The predicted molar refractivity (Wildman–Crippen MR) is 82.6 cm³/mol. The average molecular weight is 306 g/mol. The number of amides is 1. The molecule has 5 nitrogen and oxygen atoms in total. The standard InChI is InChI=1S/C15H22N4OS/c20-13(10-3-1-4-10)16-12-5-2-8-19(9-12)15-18-17-14(21-15)11-6-7-11/h10-12H,1-9H2,(H,16,20). The number of aromatic nitrogens is 2. The first-order valence-electron chi connectivity index (χ1n) is 8.18. The molecular formula is C15H22N4OS. The fraction of sp³-hybridized carbons (Fsp3) is 0.800. The van der Waals surface area contributed by atoms with Crippen LogP contribution in [0, 0.1) is 5.92 Å². The zero-order valence-electron chi connectivity index (χ0n) is 12.3. The number of nitrogens with one attached hydrogen (secondary N) is 1. The van der Waals surface area contributed by atoms with Gasteiger partial charge in [0.1, 0.15) is 5.01 Å². The van der Waals surface area contributed by atoms with Crippen molar-refractivity contribution < 1.29 is 4.79 Å². The smallest absolute Gasteiger partial charge is 0.223 e. The summed E-state index contributed by atoms with van der Waals surface area (Å²) >= 11 is 1.74. The largest absolute Gasteiger partial charge is 0.351 e. The Bertz CT molecular complexity index is 523. The summed E-state index contributed by atoms with van der Waals surface area (Å²) in [4.78, 5) is 14.4. The molecule has 3 fully saturated rings. The molecule has 1 aromatic heterocycles. The third kappa shape index (κ3) is 2.91. The second-order valence-electron chi connectivity index (χ2n) is 6.62. The zero-order chi connectivity index (χ0) is 14.2. The Hall–Kier alpha value is -1.17. The Kier molecular flexibility index (Phi) is 3.57. The zero-order valence-corrected chi connectivity index (χ0v) is 13.1. The summed E-state index contributed by atoms with van der Waals surface area (Å²) in [7, 11) is 0. The maximum atomic E-state index is 12.1. The number of piperidine rings is 1. The van der Waals surface area contributed by atoms with E-state index in [1.54, 1.807) is 11.3 Å². The molecule has 4 rings (SSSR count). The van der Waals surface area contributed by atoms with Crippen LogP contribution in [0.3, 0.4) is 0 Å². The number of hydrogen-bond donors (Lipinski definition) is 1. The van der Waals surface area contributed by atoms with Crippen molar-refractivity contribution in [2.24, 2.45) is 5.92 Å². The molecule has 1 aromatic rings. The lowest BCUT2D eigenvalue weighted by Crippen LogP contribution is -2.50. The molecule has 0 bridgehead atoms. The summed E-state index contributed by atoms with van der Waals surface area (Å²) in [5.74, 6) is 1.22. The highest BCUT2D eigenvalue weighted by atomic mass is 32.1. The fourth-order valence-corrected chi connectivity index (χ4v) is 4.16. The maximum absolute atomic E-state index is 12.1. The van der Waals surface area contributed by atoms with Crippen LogP contribution in [0.5, 0.6) is 0 Å². The molecular weight excluding hydrogens is 284 g/mol. The molecule has 6 heteroatoms. The quantitative estimate of drug-likeness (QED) is 0.927. The van der Waals surface area contributed by atoms with Crippen LogP contribution in [-0.4, -0.2) is 35.2 Å². The molecule has 2 heterocycles. The molecule has 3 aliphatic rings. The van der Waals surface area contributed by atoms with Gasteiger partial charge >= 0.3 is 0 Å². The monoisotopic (exact) mass is 306 g/mol. The first-order chi connectivity index (χ1) is 10.3. The lowest BCUT2D eigenvalue weighted by atomic mass is 9.84. The van der Waals surface area contributed by atoms with Gasteiger partial charge in [0, 0.05) is 31.0 Å². The summed E-state index contributed by atoms with van der Waals surface area (Å²) in [6.07, 6.45) is 8.11. The summed E-state index contributed by atoms with van der Waals surface area (Å²) in [5, 5.41) is 14.2. The predicted octanol–water partition coefficient (Wildman–Crippen LogP) is 2.30. The average Bonchev–Trinajstić information content (AvgIpc) is 3.15. The normalized spacial score (nSPS) is 26.5. The van der Waals surface area contributed by atoms with Gasteiger partial charge in [-0.3, -0.25) is 4.79 Å². The second kappa shape index (κ2) is 5.55. The lowest BCUT2D eigenvalue weighted by molar-refractivity contribution is -0.128. The molecule has 1 amide bonds. The topological polar surface area (TPSA) is 58.1 Å². The Morgan fingerprint density at radius 2 is 2.00 bits per heavy atom. The van der Waals surface area contributed by atoms with Gasteiger partial charge in [-0.25, -0.2) is 0 Å². The summed E-state index contributed by atoms with van der Waals surface area (Å²) in [5.41, 5.74) is 0. The third-order valence-corrected chi connectivity index (χ3v) is 6.02. The van der Waals surface area contributed by atoms with E-state index in [9.17, 15) is 4.79 Å². The first kappa shape index (κ1) is 13.5. The van der Waals surface area contributed by atoms with E-state index in [1.165, 1.54) is 24.3 Å². The van der Waals surface area contributed by atoms with Gasteiger partial charge in [-0.1, -0.05) is 17.8 Å². The van der Waals surface area contributed by atoms with Crippen LogP contribution >= 0.6 is 11.3 Å². The summed E-state index contributed by atoms with van der Waals surface area (Å²) < 4.78 is 0. The molecule has 114 valence electrons. The number of hydrogen-bond acceptors (Lipinski definition) is 5. The minimum absolute atomic E-state index is 0.268. The van der Waals surface area contributed by atoms with E-state index >= 15 is 0 Å². The van der Waals surface area contributed by atoms with Crippen LogP contribution in [0.4, 0.5) is 5.13 Å². The number of rotatable bonds is 4. The fourth-order valence-electron chi connectivity index (χ4n) is 3.11. The molecule has 0 aromatic carbocycles. The van der Waals surface area contributed by atoms with Gasteiger partial charge in [0.25, 0.3) is 0 Å². The highest BCUT2D eigenvalue weighted by Gasteiger charge is 2.31. The molecule has 0 spiro atoms. The van der Waals surface area contributed by atoms with E-state index in [0.29, 0.717) is 5.92 Å². The van der Waals surface area contributed by atoms with Crippen LogP contribution in [0.25, 0.3) is 0 Å². The maximum Gasteiger partial charge on any atom is 0.223 e. The molecule has 1 saturated heterocycles.